The summed E-state index contributed by atoms with van der Waals surface area (Å²) in [5.41, 5.74) is 3.65. The summed E-state index contributed by atoms with van der Waals surface area (Å²) >= 11 is 1.79. The number of benzene rings is 1. The van der Waals surface area contributed by atoms with Gasteiger partial charge in [0, 0.05) is 23.9 Å². The largest absolute Gasteiger partial charge is 0.330 e. The molecule has 1 aliphatic carbocycles. The minimum atomic E-state index is -0.0572. The molecular weight excluding hydrogens is 404 g/mol. The van der Waals surface area contributed by atoms with Crippen LogP contribution in [-0.4, -0.2) is 40.7 Å². The lowest BCUT2D eigenvalue weighted by Gasteiger charge is -2.40. The number of rotatable bonds is 6. The van der Waals surface area contributed by atoms with Gasteiger partial charge in [-0.1, -0.05) is 50.5 Å². The molecule has 166 valence electrons. The zero-order valence-electron chi connectivity index (χ0n) is 18.8. The first-order valence-electron chi connectivity index (χ1n) is 11.8. The molecule has 1 atom stereocenters. The molecular formula is C26H34N2O2S. The number of carbonyl (C=O) groups is 2. The normalized spacial score (nSPS) is 19.2. The summed E-state index contributed by atoms with van der Waals surface area (Å²) in [6.07, 6.45) is 7.85. The molecule has 1 aliphatic heterocycles. The Morgan fingerprint density at radius 3 is 2.61 bits per heavy atom. The summed E-state index contributed by atoms with van der Waals surface area (Å²) in [4.78, 5) is 32.0. The molecule has 1 saturated carbocycles. The van der Waals surface area contributed by atoms with Gasteiger partial charge in [0.25, 0.3) is 0 Å². The van der Waals surface area contributed by atoms with Gasteiger partial charge in [-0.2, -0.15) is 0 Å². The van der Waals surface area contributed by atoms with E-state index in [1.807, 2.05) is 16.7 Å². The van der Waals surface area contributed by atoms with Crippen LogP contribution >= 0.6 is 11.3 Å². The molecule has 2 aliphatic rings. The van der Waals surface area contributed by atoms with Gasteiger partial charge in [-0.15, -0.1) is 11.3 Å². The van der Waals surface area contributed by atoms with E-state index in [4.69, 9.17) is 0 Å². The number of nitrogens with zero attached hydrogens (tertiary/aromatic N) is 2. The first-order valence-corrected chi connectivity index (χ1v) is 12.7. The van der Waals surface area contributed by atoms with E-state index >= 15 is 0 Å². The Morgan fingerprint density at radius 1 is 1.10 bits per heavy atom. The predicted molar refractivity (Wildman–Crippen MR) is 126 cm³/mol. The number of fused-ring (bicyclic) bond motifs is 1. The van der Waals surface area contributed by atoms with Gasteiger partial charge in [-0.05, 0) is 60.7 Å². The van der Waals surface area contributed by atoms with E-state index in [9.17, 15) is 9.59 Å². The Balaban J connectivity index is 1.62. The molecule has 4 nitrogen and oxygen atoms in total. The van der Waals surface area contributed by atoms with Crippen molar-refractivity contribution >= 4 is 23.2 Å². The Kier molecular flexibility index (Phi) is 7.11. The van der Waals surface area contributed by atoms with Crippen LogP contribution in [0.2, 0.25) is 0 Å². The van der Waals surface area contributed by atoms with Crippen LogP contribution in [0.25, 0.3) is 0 Å². The van der Waals surface area contributed by atoms with Gasteiger partial charge < -0.3 is 9.80 Å². The number of carbonyl (C=O) groups excluding carboxylic acids is 2. The molecule has 1 aromatic heterocycles. The number of hydrogen-bond acceptors (Lipinski definition) is 3. The van der Waals surface area contributed by atoms with Crippen LogP contribution in [0, 0.1) is 6.92 Å². The topological polar surface area (TPSA) is 40.6 Å². The van der Waals surface area contributed by atoms with Crippen LogP contribution < -0.4 is 0 Å². The third-order valence-electron chi connectivity index (χ3n) is 6.87. The lowest BCUT2D eigenvalue weighted by atomic mass is 9.90. The van der Waals surface area contributed by atoms with Crippen LogP contribution in [0.15, 0.2) is 35.7 Å². The van der Waals surface area contributed by atoms with Crippen LogP contribution in [0.5, 0.6) is 0 Å². The van der Waals surface area contributed by atoms with Crippen molar-refractivity contribution in [1.82, 2.24) is 9.80 Å². The van der Waals surface area contributed by atoms with Gasteiger partial charge in [0.15, 0.2) is 0 Å². The van der Waals surface area contributed by atoms with E-state index < -0.39 is 0 Å². The molecule has 5 heteroatoms. The Morgan fingerprint density at radius 2 is 1.87 bits per heavy atom. The molecule has 2 aromatic rings. The van der Waals surface area contributed by atoms with Gasteiger partial charge in [-0.3, -0.25) is 9.59 Å². The zero-order valence-corrected chi connectivity index (χ0v) is 19.6. The fourth-order valence-corrected chi connectivity index (χ4v) is 6.13. The highest BCUT2D eigenvalue weighted by molar-refractivity contribution is 7.10. The molecule has 31 heavy (non-hydrogen) atoms. The fraction of sp³-hybridized carbons (Fsp3) is 0.538. The van der Waals surface area contributed by atoms with Gasteiger partial charge in [0.2, 0.25) is 11.8 Å². The number of amides is 2. The van der Waals surface area contributed by atoms with E-state index in [2.05, 4.69) is 42.6 Å². The molecule has 0 saturated heterocycles. The maximum absolute atomic E-state index is 13.7. The second kappa shape index (κ2) is 9.99. The first kappa shape index (κ1) is 22.1. The minimum Gasteiger partial charge on any atom is -0.330 e. The SMILES string of the molecule is CCCC(=O)N(CC(=O)N1CCc2sccc2C1c1ccccc1C)C1CCCCC1. The zero-order chi connectivity index (χ0) is 21.8. The van der Waals surface area contributed by atoms with Crippen molar-refractivity contribution in [3.05, 3.63) is 57.3 Å². The van der Waals surface area contributed by atoms with Gasteiger partial charge >= 0.3 is 0 Å². The predicted octanol–water partition coefficient (Wildman–Crippen LogP) is 5.49. The number of hydrogen-bond donors (Lipinski definition) is 0. The molecule has 0 N–H and O–H groups in total. The molecule has 0 spiro atoms. The van der Waals surface area contributed by atoms with Crippen molar-refractivity contribution in [2.24, 2.45) is 0 Å². The summed E-state index contributed by atoms with van der Waals surface area (Å²) < 4.78 is 0. The summed E-state index contributed by atoms with van der Waals surface area (Å²) in [6.45, 7) is 5.09. The summed E-state index contributed by atoms with van der Waals surface area (Å²) in [6, 6.07) is 10.7. The highest BCUT2D eigenvalue weighted by Gasteiger charge is 2.35. The van der Waals surface area contributed by atoms with E-state index in [0.717, 1.165) is 38.5 Å². The maximum atomic E-state index is 13.7. The highest BCUT2D eigenvalue weighted by atomic mass is 32.1. The van der Waals surface area contributed by atoms with Crippen LogP contribution in [0.1, 0.15) is 79.5 Å². The third kappa shape index (κ3) is 4.72. The minimum absolute atomic E-state index is 0.0572. The molecule has 1 fully saturated rings. The quantitative estimate of drug-likeness (QED) is 0.598. The van der Waals surface area contributed by atoms with Crippen molar-refractivity contribution in [2.75, 3.05) is 13.1 Å². The molecule has 0 radical (unpaired) electrons. The average Bonchev–Trinajstić information content (AvgIpc) is 3.27. The van der Waals surface area contributed by atoms with Gasteiger partial charge in [0.1, 0.15) is 6.54 Å². The summed E-state index contributed by atoms with van der Waals surface area (Å²) in [5, 5.41) is 2.14. The molecule has 4 rings (SSSR count). The summed E-state index contributed by atoms with van der Waals surface area (Å²) in [5.74, 6) is 0.226. The molecule has 2 amide bonds. The van der Waals surface area contributed by atoms with Crippen molar-refractivity contribution in [3.8, 4) is 0 Å². The van der Waals surface area contributed by atoms with Crippen molar-refractivity contribution in [3.63, 3.8) is 0 Å². The smallest absolute Gasteiger partial charge is 0.243 e. The molecule has 2 heterocycles. The third-order valence-corrected chi connectivity index (χ3v) is 7.87. The van der Waals surface area contributed by atoms with Crippen molar-refractivity contribution < 1.29 is 9.59 Å². The van der Waals surface area contributed by atoms with E-state index in [-0.39, 0.29) is 30.4 Å². The van der Waals surface area contributed by atoms with Gasteiger partial charge in [0.05, 0.1) is 6.04 Å². The Labute approximate surface area is 190 Å². The van der Waals surface area contributed by atoms with E-state index in [1.54, 1.807) is 11.3 Å². The fourth-order valence-electron chi connectivity index (χ4n) is 5.22. The Bertz CT molecular complexity index is 916. The standard InChI is InChI=1S/C26H34N2O2S/c1-3-9-24(29)28(20-11-5-4-6-12-20)18-25(30)27-16-14-23-22(15-17-31-23)26(27)21-13-8-7-10-19(21)2/h7-8,10,13,15,17,20,26H,3-6,9,11-12,14,16,18H2,1-2H3. The molecule has 1 aromatic carbocycles. The van der Waals surface area contributed by atoms with Crippen molar-refractivity contribution in [2.45, 2.75) is 77.3 Å². The van der Waals surface area contributed by atoms with Crippen LogP contribution in [0.3, 0.4) is 0 Å². The first-order chi connectivity index (χ1) is 15.1. The average molecular weight is 439 g/mol. The number of aryl methyl sites for hydroxylation is 1. The lowest BCUT2D eigenvalue weighted by Crippen LogP contribution is -2.50. The summed E-state index contributed by atoms with van der Waals surface area (Å²) in [7, 11) is 0. The lowest BCUT2D eigenvalue weighted by molar-refractivity contribution is -0.144. The molecule has 0 bridgehead atoms. The van der Waals surface area contributed by atoms with E-state index in [0.29, 0.717) is 13.0 Å². The number of thiophene rings is 1. The van der Waals surface area contributed by atoms with Crippen LogP contribution in [-0.2, 0) is 16.0 Å². The molecule has 1 unspecified atom stereocenters. The van der Waals surface area contributed by atoms with Crippen LogP contribution in [0.4, 0.5) is 0 Å². The monoisotopic (exact) mass is 438 g/mol. The second-order valence-corrected chi connectivity index (χ2v) is 9.96. The highest BCUT2D eigenvalue weighted by Crippen LogP contribution is 2.39. The van der Waals surface area contributed by atoms with Crippen molar-refractivity contribution in [1.29, 1.82) is 0 Å². The second-order valence-electron chi connectivity index (χ2n) is 8.96. The Hall–Kier alpha value is -2.14. The van der Waals surface area contributed by atoms with Gasteiger partial charge in [-0.25, -0.2) is 0 Å². The maximum Gasteiger partial charge on any atom is 0.243 e. The van der Waals surface area contributed by atoms with E-state index in [1.165, 1.54) is 28.0 Å².